The molecule has 0 aliphatic heterocycles. The van der Waals surface area contributed by atoms with Crippen LogP contribution < -0.4 is 5.32 Å². The van der Waals surface area contributed by atoms with Gasteiger partial charge < -0.3 is 5.32 Å². The Hall–Kier alpha value is -1.93. The van der Waals surface area contributed by atoms with Crippen molar-refractivity contribution < 1.29 is 8.78 Å². The summed E-state index contributed by atoms with van der Waals surface area (Å²) >= 11 is 3.09. The standard InChI is InChI=1S/C14H9BrF2N2/c1-8-2-3-13(9(4-8)7-18)19-14-11(15)5-10(16)6-12(14)17/h2-6,19H,1H3. The third-order valence-electron chi connectivity index (χ3n) is 2.56. The van der Waals surface area contributed by atoms with Gasteiger partial charge in [-0.1, -0.05) is 6.07 Å². The maximum absolute atomic E-state index is 13.7. The highest BCUT2D eigenvalue weighted by Crippen LogP contribution is 2.31. The third-order valence-corrected chi connectivity index (χ3v) is 3.19. The minimum atomic E-state index is -0.726. The Morgan fingerprint density at radius 1 is 1.21 bits per heavy atom. The van der Waals surface area contributed by atoms with Crippen LogP contribution in [0, 0.1) is 29.9 Å². The predicted molar refractivity (Wildman–Crippen MR) is 73.2 cm³/mol. The van der Waals surface area contributed by atoms with E-state index in [0.29, 0.717) is 11.3 Å². The molecule has 0 spiro atoms. The molecule has 0 aromatic heterocycles. The number of hydrogen-bond donors (Lipinski definition) is 1. The first kappa shape index (κ1) is 13.5. The zero-order valence-corrected chi connectivity index (χ0v) is 11.6. The molecule has 0 fully saturated rings. The fourth-order valence-corrected chi connectivity index (χ4v) is 2.16. The summed E-state index contributed by atoms with van der Waals surface area (Å²) in [7, 11) is 0. The molecule has 0 bridgehead atoms. The molecule has 0 radical (unpaired) electrons. The van der Waals surface area contributed by atoms with Crippen LogP contribution >= 0.6 is 15.9 Å². The zero-order chi connectivity index (χ0) is 14.0. The molecule has 19 heavy (non-hydrogen) atoms. The molecular formula is C14H9BrF2N2. The second-order valence-electron chi connectivity index (χ2n) is 4.03. The second-order valence-corrected chi connectivity index (χ2v) is 4.88. The molecule has 2 rings (SSSR count). The topological polar surface area (TPSA) is 35.8 Å². The van der Waals surface area contributed by atoms with Crippen LogP contribution in [0.15, 0.2) is 34.8 Å². The van der Waals surface area contributed by atoms with E-state index in [1.54, 1.807) is 18.2 Å². The minimum absolute atomic E-state index is 0.0988. The van der Waals surface area contributed by atoms with Gasteiger partial charge in [0.15, 0.2) is 5.82 Å². The summed E-state index contributed by atoms with van der Waals surface area (Å²) in [6.45, 7) is 1.86. The summed E-state index contributed by atoms with van der Waals surface area (Å²) in [5.74, 6) is -1.39. The summed E-state index contributed by atoms with van der Waals surface area (Å²) in [5.41, 5.74) is 1.90. The lowest BCUT2D eigenvalue weighted by Crippen LogP contribution is -1.98. The van der Waals surface area contributed by atoms with Crippen molar-refractivity contribution in [2.75, 3.05) is 5.32 Å². The lowest BCUT2D eigenvalue weighted by Gasteiger charge is -2.11. The molecule has 5 heteroatoms. The van der Waals surface area contributed by atoms with E-state index in [4.69, 9.17) is 5.26 Å². The van der Waals surface area contributed by atoms with E-state index < -0.39 is 11.6 Å². The highest BCUT2D eigenvalue weighted by molar-refractivity contribution is 9.10. The number of nitrogens with zero attached hydrogens (tertiary/aromatic N) is 1. The molecule has 0 heterocycles. The molecule has 0 aliphatic rings. The molecule has 96 valence electrons. The smallest absolute Gasteiger partial charge is 0.150 e. The van der Waals surface area contributed by atoms with E-state index in [2.05, 4.69) is 21.2 Å². The van der Waals surface area contributed by atoms with E-state index >= 15 is 0 Å². The maximum atomic E-state index is 13.7. The van der Waals surface area contributed by atoms with E-state index in [0.717, 1.165) is 17.7 Å². The van der Waals surface area contributed by atoms with Gasteiger partial charge in [0.1, 0.15) is 11.9 Å². The van der Waals surface area contributed by atoms with Gasteiger partial charge in [-0.25, -0.2) is 8.78 Å². The molecule has 0 atom stereocenters. The van der Waals surface area contributed by atoms with Crippen molar-refractivity contribution >= 4 is 27.3 Å². The number of benzene rings is 2. The number of nitrogens with one attached hydrogen (secondary N) is 1. The van der Waals surface area contributed by atoms with Gasteiger partial charge in [0.05, 0.1) is 16.9 Å². The van der Waals surface area contributed by atoms with Crippen LogP contribution in [-0.2, 0) is 0 Å². The van der Waals surface area contributed by atoms with Crippen LogP contribution in [0.1, 0.15) is 11.1 Å². The van der Waals surface area contributed by atoms with Gasteiger partial charge in [-0.05, 0) is 46.6 Å². The SMILES string of the molecule is Cc1ccc(Nc2c(F)cc(F)cc2Br)c(C#N)c1. The fraction of sp³-hybridized carbons (Fsp3) is 0.0714. The van der Waals surface area contributed by atoms with Crippen LogP contribution in [0.2, 0.25) is 0 Å². The molecule has 2 nitrogen and oxygen atoms in total. The van der Waals surface area contributed by atoms with Crippen LogP contribution in [0.25, 0.3) is 0 Å². The summed E-state index contributed by atoms with van der Waals surface area (Å²) in [6.07, 6.45) is 0. The largest absolute Gasteiger partial charge is 0.351 e. The van der Waals surface area contributed by atoms with E-state index in [1.165, 1.54) is 0 Å². The highest BCUT2D eigenvalue weighted by Gasteiger charge is 2.11. The molecular weight excluding hydrogens is 314 g/mol. The van der Waals surface area contributed by atoms with E-state index in [1.807, 2.05) is 13.0 Å². The average Bonchev–Trinajstić information content (AvgIpc) is 2.35. The quantitative estimate of drug-likeness (QED) is 0.873. The van der Waals surface area contributed by atoms with E-state index in [9.17, 15) is 8.78 Å². The zero-order valence-electron chi connectivity index (χ0n) is 9.97. The Labute approximate surface area is 117 Å². The first-order valence-corrected chi connectivity index (χ1v) is 6.23. The number of rotatable bonds is 2. The highest BCUT2D eigenvalue weighted by atomic mass is 79.9. The van der Waals surface area contributed by atoms with Crippen molar-refractivity contribution in [1.29, 1.82) is 5.26 Å². The molecule has 0 amide bonds. The van der Waals surface area contributed by atoms with Gasteiger partial charge in [-0.3, -0.25) is 0 Å². The molecule has 0 saturated carbocycles. The van der Waals surface area contributed by atoms with Crippen molar-refractivity contribution in [3.63, 3.8) is 0 Å². The monoisotopic (exact) mass is 322 g/mol. The Kier molecular flexibility index (Phi) is 3.82. The Bertz CT molecular complexity index is 655. The molecule has 1 N–H and O–H groups in total. The van der Waals surface area contributed by atoms with Crippen LogP contribution in [0.5, 0.6) is 0 Å². The van der Waals surface area contributed by atoms with Crippen molar-refractivity contribution in [1.82, 2.24) is 0 Å². The van der Waals surface area contributed by atoms with Crippen molar-refractivity contribution in [2.24, 2.45) is 0 Å². The summed E-state index contributed by atoms with van der Waals surface area (Å²) in [6, 6.07) is 9.16. The van der Waals surface area contributed by atoms with Gasteiger partial charge in [-0.15, -0.1) is 0 Å². The lowest BCUT2D eigenvalue weighted by atomic mass is 10.1. The average molecular weight is 323 g/mol. The van der Waals surface area contributed by atoms with Gasteiger partial charge in [-0.2, -0.15) is 5.26 Å². The van der Waals surface area contributed by atoms with Crippen LogP contribution in [0.4, 0.5) is 20.2 Å². The van der Waals surface area contributed by atoms with E-state index in [-0.39, 0.29) is 10.2 Å². The molecule has 0 aliphatic carbocycles. The lowest BCUT2D eigenvalue weighted by molar-refractivity contribution is 0.584. The predicted octanol–water partition coefficient (Wildman–Crippen LogP) is 4.65. The molecule has 0 unspecified atom stereocenters. The number of anilines is 2. The van der Waals surface area contributed by atoms with Crippen molar-refractivity contribution in [2.45, 2.75) is 6.92 Å². The number of hydrogen-bond acceptors (Lipinski definition) is 2. The third kappa shape index (κ3) is 2.91. The number of aryl methyl sites for hydroxylation is 1. The van der Waals surface area contributed by atoms with Crippen molar-refractivity contribution in [3.05, 3.63) is 57.6 Å². The fourth-order valence-electron chi connectivity index (χ4n) is 1.66. The number of nitriles is 1. The Balaban J connectivity index is 2.45. The Morgan fingerprint density at radius 2 is 1.95 bits per heavy atom. The second kappa shape index (κ2) is 5.37. The van der Waals surface area contributed by atoms with Crippen LogP contribution in [0.3, 0.4) is 0 Å². The summed E-state index contributed by atoms with van der Waals surface area (Å²) < 4.78 is 27.0. The summed E-state index contributed by atoms with van der Waals surface area (Å²) in [4.78, 5) is 0. The molecule has 2 aromatic carbocycles. The maximum Gasteiger partial charge on any atom is 0.150 e. The van der Waals surface area contributed by atoms with Crippen LogP contribution in [-0.4, -0.2) is 0 Å². The number of halogens is 3. The first-order valence-electron chi connectivity index (χ1n) is 5.43. The van der Waals surface area contributed by atoms with Gasteiger partial charge in [0.25, 0.3) is 0 Å². The van der Waals surface area contributed by atoms with Gasteiger partial charge in [0, 0.05) is 10.5 Å². The summed E-state index contributed by atoms with van der Waals surface area (Å²) in [5, 5.41) is 11.9. The Morgan fingerprint density at radius 3 is 2.58 bits per heavy atom. The molecule has 2 aromatic rings. The normalized spacial score (nSPS) is 10.1. The van der Waals surface area contributed by atoms with Gasteiger partial charge in [0.2, 0.25) is 0 Å². The minimum Gasteiger partial charge on any atom is -0.351 e. The van der Waals surface area contributed by atoms with Crippen molar-refractivity contribution in [3.8, 4) is 6.07 Å². The first-order chi connectivity index (χ1) is 9.01. The van der Waals surface area contributed by atoms with Gasteiger partial charge >= 0.3 is 0 Å². The molecule has 0 saturated heterocycles.